The molecule has 1 fully saturated rings. The second-order valence-electron chi connectivity index (χ2n) is 4.45. The molecule has 1 aromatic rings. The molecule has 1 atom stereocenters. The van der Waals surface area contributed by atoms with Crippen LogP contribution < -0.4 is 11.0 Å². The number of aromatic nitrogens is 3. The quantitative estimate of drug-likeness (QED) is 0.784. The van der Waals surface area contributed by atoms with Gasteiger partial charge in [0.15, 0.2) is 0 Å². The molecule has 1 aromatic heterocycles. The van der Waals surface area contributed by atoms with Crippen molar-refractivity contribution in [3.63, 3.8) is 0 Å². The highest BCUT2D eigenvalue weighted by atomic mass is 16.1. The zero-order valence-corrected chi connectivity index (χ0v) is 9.83. The van der Waals surface area contributed by atoms with E-state index >= 15 is 0 Å². The predicted octanol–water partition coefficient (Wildman–Crippen LogP) is 0.523. The van der Waals surface area contributed by atoms with Gasteiger partial charge in [-0.1, -0.05) is 6.92 Å². The summed E-state index contributed by atoms with van der Waals surface area (Å²) in [5, 5.41) is 7.63. The molecule has 90 valence electrons. The maximum Gasteiger partial charge on any atom is 0.343 e. The molecule has 5 nitrogen and oxygen atoms in total. The van der Waals surface area contributed by atoms with E-state index in [0.717, 1.165) is 38.3 Å². The van der Waals surface area contributed by atoms with Crippen molar-refractivity contribution in [1.29, 1.82) is 0 Å². The van der Waals surface area contributed by atoms with Crippen LogP contribution in [0.15, 0.2) is 4.79 Å². The highest BCUT2D eigenvalue weighted by Gasteiger charge is 2.13. The molecule has 0 bridgehead atoms. The Bertz CT molecular complexity index is 376. The summed E-state index contributed by atoms with van der Waals surface area (Å²) in [6, 6.07) is 0. The lowest BCUT2D eigenvalue weighted by Crippen LogP contribution is -2.31. The van der Waals surface area contributed by atoms with Crippen LogP contribution in [0.3, 0.4) is 0 Å². The first kappa shape index (κ1) is 11.4. The van der Waals surface area contributed by atoms with Crippen LogP contribution in [0, 0.1) is 5.92 Å². The number of hydrogen-bond donors (Lipinski definition) is 2. The van der Waals surface area contributed by atoms with Crippen molar-refractivity contribution in [2.24, 2.45) is 5.92 Å². The molecule has 2 N–H and O–H groups in total. The monoisotopic (exact) mass is 224 g/mol. The Morgan fingerprint density at radius 1 is 1.56 bits per heavy atom. The molecule has 5 heteroatoms. The summed E-state index contributed by atoms with van der Waals surface area (Å²) in [5.74, 6) is 1.48. The highest BCUT2D eigenvalue weighted by Crippen LogP contribution is 2.14. The normalized spacial score (nSPS) is 21.2. The largest absolute Gasteiger partial charge is 0.343 e. The van der Waals surface area contributed by atoms with Gasteiger partial charge in [0.2, 0.25) is 0 Å². The number of piperidine rings is 1. The molecule has 0 aromatic carbocycles. The molecular weight excluding hydrogens is 204 g/mol. The molecule has 16 heavy (non-hydrogen) atoms. The predicted molar refractivity (Wildman–Crippen MR) is 62.4 cm³/mol. The molecule has 0 spiro atoms. The van der Waals surface area contributed by atoms with Gasteiger partial charge in [0.25, 0.3) is 0 Å². The third kappa shape index (κ3) is 2.72. The van der Waals surface area contributed by atoms with Gasteiger partial charge in [-0.3, -0.25) is 4.98 Å². The van der Waals surface area contributed by atoms with E-state index in [4.69, 9.17) is 0 Å². The van der Waals surface area contributed by atoms with Gasteiger partial charge in [0.05, 0.1) is 0 Å². The van der Waals surface area contributed by atoms with Crippen LogP contribution in [0.1, 0.15) is 32.0 Å². The lowest BCUT2D eigenvalue weighted by atomic mass is 9.96. The van der Waals surface area contributed by atoms with Gasteiger partial charge in [0, 0.05) is 13.0 Å². The first-order valence-corrected chi connectivity index (χ1v) is 6.16. The van der Waals surface area contributed by atoms with Gasteiger partial charge in [-0.05, 0) is 38.3 Å². The summed E-state index contributed by atoms with van der Waals surface area (Å²) >= 11 is 0. The molecule has 0 aliphatic carbocycles. The second-order valence-corrected chi connectivity index (χ2v) is 4.45. The Morgan fingerprint density at radius 3 is 3.06 bits per heavy atom. The molecule has 0 amide bonds. The van der Waals surface area contributed by atoms with Gasteiger partial charge < -0.3 is 5.32 Å². The number of aryl methyl sites for hydroxylation is 2. The summed E-state index contributed by atoms with van der Waals surface area (Å²) < 4.78 is 1.56. The zero-order chi connectivity index (χ0) is 11.4. The topological polar surface area (TPSA) is 62.7 Å². The number of rotatable bonds is 4. The van der Waals surface area contributed by atoms with Crippen molar-refractivity contribution in [3.8, 4) is 0 Å². The molecule has 1 aliphatic heterocycles. The Kier molecular flexibility index (Phi) is 3.77. The first-order valence-electron chi connectivity index (χ1n) is 6.16. The maximum atomic E-state index is 11.5. The van der Waals surface area contributed by atoms with E-state index in [-0.39, 0.29) is 5.69 Å². The average Bonchev–Trinajstić information content (AvgIpc) is 2.69. The zero-order valence-electron chi connectivity index (χ0n) is 9.83. The van der Waals surface area contributed by atoms with Crippen LogP contribution in [-0.2, 0) is 13.0 Å². The van der Waals surface area contributed by atoms with E-state index in [9.17, 15) is 4.79 Å². The molecule has 1 aliphatic rings. The number of hydrogen-bond acceptors (Lipinski definition) is 3. The van der Waals surface area contributed by atoms with Crippen molar-refractivity contribution in [1.82, 2.24) is 20.1 Å². The highest BCUT2D eigenvalue weighted by molar-refractivity contribution is 4.81. The maximum absolute atomic E-state index is 11.5. The molecule has 0 saturated carbocycles. The minimum Gasteiger partial charge on any atom is -0.316 e. The van der Waals surface area contributed by atoms with E-state index in [1.807, 2.05) is 6.92 Å². The minimum absolute atomic E-state index is 0.0689. The third-order valence-electron chi connectivity index (χ3n) is 3.21. The molecule has 0 radical (unpaired) electrons. The van der Waals surface area contributed by atoms with Crippen LogP contribution in [-0.4, -0.2) is 27.9 Å². The van der Waals surface area contributed by atoms with Gasteiger partial charge in [0.1, 0.15) is 5.82 Å². The third-order valence-corrected chi connectivity index (χ3v) is 3.21. The summed E-state index contributed by atoms with van der Waals surface area (Å²) in [5.41, 5.74) is -0.0689. The van der Waals surface area contributed by atoms with E-state index in [1.165, 1.54) is 12.8 Å². The standard InChI is InChI=1S/C11H20N4O/c1-2-10-13-11(16)15(14-10)7-5-9-4-3-6-12-8-9/h9,12H,2-8H2,1H3,(H,13,14,16). The summed E-state index contributed by atoms with van der Waals surface area (Å²) in [4.78, 5) is 14.3. The SMILES string of the molecule is CCc1nn(CCC2CCCNC2)c(=O)[nH]1. The minimum atomic E-state index is -0.0689. The lowest BCUT2D eigenvalue weighted by molar-refractivity contribution is 0.333. The smallest absolute Gasteiger partial charge is 0.316 e. The number of aromatic amines is 1. The van der Waals surface area contributed by atoms with Crippen molar-refractivity contribution >= 4 is 0 Å². The number of nitrogens with zero attached hydrogens (tertiary/aromatic N) is 2. The molecule has 2 rings (SSSR count). The fourth-order valence-corrected chi connectivity index (χ4v) is 2.19. The first-order chi connectivity index (χ1) is 7.79. The molecular formula is C11H20N4O. The summed E-state index contributed by atoms with van der Waals surface area (Å²) in [6.45, 7) is 4.95. The summed E-state index contributed by atoms with van der Waals surface area (Å²) in [7, 11) is 0. The van der Waals surface area contributed by atoms with Crippen molar-refractivity contribution in [2.75, 3.05) is 13.1 Å². The fourth-order valence-electron chi connectivity index (χ4n) is 2.19. The molecule has 2 heterocycles. The number of H-pyrrole nitrogens is 1. The van der Waals surface area contributed by atoms with Gasteiger partial charge in [-0.25, -0.2) is 9.48 Å². The number of nitrogens with one attached hydrogen (secondary N) is 2. The van der Waals surface area contributed by atoms with E-state index in [2.05, 4.69) is 15.4 Å². The Balaban J connectivity index is 1.88. The van der Waals surface area contributed by atoms with E-state index in [0.29, 0.717) is 5.92 Å². The Labute approximate surface area is 95.2 Å². The van der Waals surface area contributed by atoms with Crippen molar-refractivity contribution < 1.29 is 0 Å². The van der Waals surface area contributed by atoms with Crippen molar-refractivity contribution in [2.45, 2.75) is 39.2 Å². The van der Waals surface area contributed by atoms with Crippen LogP contribution >= 0.6 is 0 Å². The van der Waals surface area contributed by atoms with E-state index in [1.54, 1.807) is 4.68 Å². The van der Waals surface area contributed by atoms with Crippen LogP contribution in [0.2, 0.25) is 0 Å². The Morgan fingerprint density at radius 2 is 2.44 bits per heavy atom. The van der Waals surface area contributed by atoms with Crippen LogP contribution in [0.25, 0.3) is 0 Å². The fraction of sp³-hybridized carbons (Fsp3) is 0.818. The molecule has 1 saturated heterocycles. The van der Waals surface area contributed by atoms with Gasteiger partial charge in [-0.2, -0.15) is 5.10 Å². The van der Waals surface area contributed by atoms with Gasteiger partial charge in [-0.15, -0.1) is 0 Å². The van der Waals surface area contributed by atoms with Gasteiger partial charge >= 0.3 is 5.69 Å². The van der Waals surface area contributed by atoms with Crippen molar-refractivity contribution in [3.05, 3.63) is 16.3 Å². The molecule has 1 unspecified atom stereocenters. The summed E-state index contributed by atoms with van der Waals surface area (Å²) in [6.07, 6.45) is 4.35. The second kappa shape index (κ2) is 5.30. The van der Waals surface area contributed by atoms with Crippen LogP contribution in [0.5, 0.6) is 0 Å². The van der Waals surface area contributed by atoms with Crippen LogP contribution in [0.4, 0.5) is 0 Å². The lowest BCUT2D eigenvalue weighted by Gasteiger charge is -2.22. The van der Waals surface area contributed by atoms with E-state index < -0.39 is 0 Å². The average molecular weight is 224 g/mol. The Hall–Kier alpha value is -1.10.